The Kier molecular flexibility index (Phi) is 10.1. The van der Waals surface area contributed by atoms with E-state index in [0.29, 0.717) is 27.1 Å². The third-order valence-corrected chi connectivity index (χ3v) is 8.99. The molecular formula is C31H29Cl2N3O5S. The third kappa shape index (κ3) is 7.42. The molecule has 1 unspecified atom stereocenters. The van der Waals surface area contributed by atoms with Crippen LogP contribution in [0.1, 0.15) is 12.5 Å². The first-order valence-corrected chi connectivity index (χ1v) is 15.2. The van der Waals surface area contributed by atoms with E-state index in [-0.39, 0.29) is 17.1 Å². The standard InChI is InChI=1S/C31H29Cl2N3O5S/c1-22(31(38)34-2)35(20-23-13-18-28(32)29(33)19-23)30(37)21-36(42(39,40)27-11-7-4-8-12-27)24-14-16-26(17-15-24)41-25-9-5-3-6-10-25/h3-19,22H,20-21H2,1-2H3,(H,34,38). The quantitative estimate of drug-likeness (QED) is 0.216. The van der Waals surface area contributed by atoms with Crippen molar-refractivity contribution in [2.24, 2.45) is 0 Å². The Morgan fingerprint density at radius 2 is 1.43 bits per heavy atom. The van der Waals surface area contributed by atoms with Gasteiger partial charge in [0.25, 0.3) is 10.0 Å². The summed E-state index contributed by atoms with van der Waals surface area (Å²) in [5.74, 6) is 0.0997. The maximum absolute atomic E-state index is 13.9. The van der Waals surface area contributed by atoms with Gasteiger partial charge in [0.1, 0.15) is 24.1 Å². The number of halogens is 2. The van der Waals surface area contributed by atoms with Crippen molar-refractivity contribution in [2.45, 2.75) is 24.4 Å². The number of ether oxygens (including phenoxy) is 1. The van der Waals surface area contributed by atoms with Crippen LogP contribution < -0.4 is 14.4 Å². The molecule has 0 aliphatic rings. The van der Waals surface area contributed by atoms with Crippen molar-refractivity contribution in [3.8, 4) is 11.5 Å². The minimum Gasteiger partial charge on any atom is -0.457 e. The van der Waals surface area contributed by atoms with Crippen molar-refractivity contribution in [3.05, 3.63) is 119 Å². The average Bonchev–Trinajstić information content (AvgIpc) is 3.01. The topological polar surface area (TPSA) is 96.0 Å². The average molecular weight is 627 g/mol. The molecule has 42 heavy (non-hydrogen) atoms. The number of sulfonamides is 1. The van der Waals surface area contributed by atoms with E-state index in [0.717, 1.165) is 4.31 Å². The van der Waals surface area contributed by atoms with Crippen LogP contribution in [0.5, 0.6) is 11.5 Å². The van der Waals surface area contributed by atoms with Gasteiger partial charge in [0.2, 0.25) is 11.8 Å². The van der Waals surface area contributed by atoms with Gasteiger partial charge in [-0.05, 0) is 73.2 Å². The fraction of sp³-hybridized carbons (Fsp3) is 0.161. The van der Waals surface area contributed by atoms with Gasteiger partial charge in [0.05, 0.1) is 20.6 Å². The number of benzene rings is 4. The van der Waals surface area contributed by atoms with E-state index in [1.54, 1.807) is 79.7 Å². The SMILES string of the molecule is CNC(=O)C(C)N(Cc1ccc(Cl)c(Cl)c1)C(=O)CN(c1ccc(Oc2ccccc2)cc1)S(=O)(=O)c1ccccc1. The van der Waals surface area contributed by atoms with Crippen LogP contribution in [0.3, 0.4) is 0 Å². The number of carbonyl (C=O) groups is 2. The highest BCUT2D eigenvalue weighted by molar-refractivity contribution is 7.92. The smallest absolute Gasteiger partial charge is 0.264 e. The zero-order chi connectivity index (χ0) is 30.3. The van der Waals surface area contributed by atoms with Gasteiger partial charge in [0.15, 0.2) is 0 Å². The van der Waals surface area contributed by atoms with E-state index >= 15 is 0 Å². The monoisotopic (exact) mass is 625 g/mol. The minimum atomic E-state index is -4.19. The first-order chi connectivity index (χ1) is 20.1. The molecule has 8 nitrogen and oxygen atoms in total. The molecular weight excluding hydrogens is 597 g/mol. The van der Waals surface area contributed by atoms with Gasteiger partial charge in [-0.3, -0.25) is 13.9 Å². The van der Waals surface area contributed by atoms with Crippen molar-refractivity contribution in [3.63, 3.8) is 0 Å². The maximum Gasteiger partial charge on any atom is 0.264 e. The number of carbonyl (C=O) groups excluding carboxylic acids is 2. The zero-order valence-electron chi connectivity index (χ0n) is 22.9. The summed E-state index contributed by atoms with van der Waals surface area (Å²) >= 11 is 12.2. The Hall–Kier alpha value is -4.05. The first-order valence-electron chi connectivity index (χ1n) is 13.0. The van der Waals surface area contributed by atoms with Gasteiger partial charge < -0.3 is 15.0 Å². The molecule has 0 fully saturated rings. The molecule has 1 N–H and O–H groups in total. The van der Waals surface area contributed by atoms with Crippen LogP contribution in [0.15, 0.2) is 108 Å². The number of hydrogen-bond donors (Lipinski definition) is 1. The lowest BCUT2D eigenvalue weighted by molar-refractivity contribution is -0.139. The number of amides is 2. The highest BCUT2D eigenvalue weighted by atomic mass is 35.5. The molecule has 4 aromatic rings. The van der Waals surface area contributed by atoms with Crippen LogP contribution in [0.25, 0.3) is 0 Å². The van der Waals surface area contributed by atoms with Crippen molar-refractivity contribution in [1.29, 1.82) is 0 Å². The molecule has 0 aliphatic heterocycles. The van der Waals surface area contributed by atoms with Crippen molar-refractivity contribution in [1.82, 2.24) is 10.2 Å². The summed E-state index contributed by atoms with van der Waals surface area (Å²) in [6.45, 7) is 0.992. The fourth-order valence-corrected chi connectivity index (χ4v) is 5.94. The van der Waals surface area contributed by atoms with Gasteiger partial charge >= 0.3 is 0 Å². The number of rotatable bonds is 11. The van der Waals surface area contributed by atoms with Crippen LogP contribution in [-0.4, -0.2) is 44.8 Å². The molecule has 11 heteroatoms. The van der Waals surface area contributed by atoms with E-state index in [2.05, 4.69) is 5.32 Å². The molecule has 1 atom stereocenters. The third-order valence-electron chi connectivity index (χ3n) is 6.46. The lowest BCUT2D eigenvalue weighted by Gasteiger charge is -2.31. The molecule has 4 aromatic carbocycles. The molecule has 0 radical (unpaired) electrons. The van der Waals surface area contributed by atoms with Gasteiger partial charge in [-0.25, -0.2) is 8.42 Å². The molecule has 2 amide bonds. The van der Waals surface area contributed by atoms with E-state index in [1.165, 1.54) is 24.1 Å². The second kappa shape index (κ2) is 13.7. The number of anilines is 1. The predicted octanol–water partition coefficient (Wildman–Crippen LogP) is 6.14. The number of nitrogens with one attached hydrogen (secondary N) is 1. The highest BCUT2D eigenvalue weighted by Gasteiger charge is 2.32. The lowest BCUT2D eigenvalue weighted by Crippen LogP contribution is -2.50. The van der Waals surface area contributed by atoms with Crippen LogP contribution in [-0.2, 0) is 26.2 Å². The fourth-order valence-electron chi connectivity index (χ4n) is 4.18. The Bertz CT molecular complexity index is 1640. The molecule has 0 spiro atoms. The van der Waals surface area contributed by atoms with Gasteiger partial charge in [-0.2, -0.15) is 0 Å². The van der Waals surface area contributed by atoms with Crippen molar-refractivity contribution >= 4 is 50.7 Å². The number of nitrogens with zero attached hydrogens (tertiary/aromatic N) is 2. The van der Waals surface area contributed by atoms with Crippen LogP contribution in [0.4, 0.5) is 5.69 Å². The zero-order valence-corrected chi connectivity index (χ0v) is 25.2. The summed E-state index contributed by atoms with van der Waals surface area (Å²) in [4.78, 5) is 27.8. The molecule has 0 heterocycles. The summed E-state index contributed by atoms with van der Waals surface area (Å²) < 4.78 is 34.6. The Morgan fingerprint density at radius 3 is 2.02 bits per heavy atom. The number of hydrogen-bond acceptors (Lipinski definition) is 5. The van der Waals surface area contributed by atoms with E-state index < -0.39 is 34.4 Å². The Morgan fingerprint density at radius 1 is 0.833 bits per heavy atom. The largest absolute Gasteiger partial charge is 0.457 e. The first kappa shape index (κ1) is 30.9. The highest BCUT2D eigenvalue weighted by Crippen LogP contribution is 2.29. The van der Waals surface area contributed by atoms with E-state index in [9.17, 15) is 18.0 Å². The van der Waals surface area contributed by atoms with E-state index in [1.807, 2.05) is 18.2 Å². The number of para-hydroxylation sites is 1. The predicted molar refractivity (Wildman–Crippen MR) is 164 cm³/mol. The summed E-state index contributed by atoms with van der Waals surface area (Å²) in [6.07, 6.45) is 0. The van der Waals surface area contributed by atoms with Crippen LogP contribution >= 0.6 is 23.2 Å². The Balaban J connectivity index is 1.69. The summed E-state index contributed by atoms with van der Waals surface area (Å²) in [5.41, 5.74) is 0.864. The number of likely N-dealkylation sites (N-methyl/N-ethyl adjacent to an activating group) is 1. The van der Waals surface area contributed by atoms with Crippen molar-refractivity contribution < 1.29 is 22.7 Å². The minimum absolute atomic E-state index is 0.00656. The molecule has 0 saturated heterocycles. The maximum atomic E-state index is 13.9. The summed E-state index contributed by atoms with van der Waals surface area (Å²) in [6, 6.07) is 27.3. The second-order valence-corrected chi connectivity index (χ2v) is 12.0. The molecule has 4 rings (SSSR count). The normalized spacial score (nSPS) is 11.8. The van der Waals surface area contributed by atoms with Gasteiger partial charge in [0, 0.05) is 13.6 Å². The molecule has 0 saturated carbocycles. The van der Waals surface area contributed by atoms with Crippen molar-refractivity contribution in [2.75, 3.05) is 17.9 Å². The molecule has 0 bridgehead atoms. The second-order valence-electron chi connectivity index (χ2n) is 9.29. The summed E-state index contributed by atoms with van der Waals surface area (Å²) in [7, 11) is -2.72. The van der Waals surface area contributed by atoms with Gasteiger partial charge in [-0.15, -0.1) is 0 Å². The van der Waals surface area contributed by atoms with Crippen LogP contribution in [0, 0.1) is 0 Å². The van der Waals surface area contributed by atoms with Gasteiger partial charge in [-0.1, -0.05) is 65.7 Å². The lowest BCUT2D eigenvalue weighted by atomic mass is 10.1. The summed E-state index contributed by atoms with van der Waals surface area (Å²) in [5, 5.41) is 3.18. The van der Waals surface area contributed by atoms with Crippen LogP contribution in [0.2, 0.25) is 10.0 Å². The van der Waals surface area contributed by atoms with E-state index in [4.69, 9.17) is 27.9 Å². The molecule has 218 valence electrons. The Labute approximate surface area is 255 Å². The molecule has 0 aliphatic carbocycles. The molecule has 0 aromatic heterocycles.